The summed E-state index contributed by atoms with van der Waals surface area (Å²) < 4.78 is 32.7. The van der Waals surface area contributed by atoms with Crippen molar-refractivity contribution in [2.75, 3.05) is 24.1 Å². The average Bonchev–Trinajstić information content (AvgIpc) is 3.54. The summed E-state index contributed by atoms with van der Waals surface area (Å²) in [6.07, 6.45) is 2.51. The molecule has 2 aromatic carbocycles. The molecule has 7 nitrogen and oxygen atoms in total. The first-order valence-corrected chi connectivity index (χ1v) is 11.9. The molecule has 1 saturated carbocycles. The molecule has 2 fully saturated rings. The maximum absolute atomic E-state index is 13.4. The van der Waals surface area contributed by atoms with E-state index in [1.165, 1.54) is 11.1 Å². The molecule has 0 bridgehead atoms. The van der Waals surface area contributed by atoms with E-state index in [2.05, 4.69) is 10.3 Å². The third kappa shape index (κ3) is 5.00. The molecular weight excluding hydrogens is 464 g/mol. The molecule has 3 aromatic rings. The molecule has 36 heavy (non-hydrogen) atoms. The van der Waals surface area contributed by atoms with Gasteiger partial charge in [0.15, 0.2) is 0 Å². The van der Waals surface area contributed by atoms with Crippen molar-refractivity contribution in [3.63, 3.8) is 0 Å². The number of aromatic nitrogens is 1. The van der Waals surface area contributed by atoms with Gasteiger partial charge in [0, 0.05) is 48.6 Å². The Labute approximate surface area is 207 Å². The standard InChI is InChI=1S/C27H27F2N5O2/c28-27(29)15-22(27)26(35)34-14-4-5-17(16-34)23(30)21-12-13-32-25(31)24(21)33-18-8-10-20(11-9-18)36-19-6-2-1-3-7-19/h1-3,6-13,17,22,30,33H,4-5,14-16H2,(H2,31,32). The molecule has 2 unspecified atom stereocenters. The summed E-state index contributed by atoms with van der Waals surface area (Å²) >= 11 is 0. The molecule has 1 aliphatic heterocycles. The second kappa shape index (κ2) is 9.56. The van der Waals surface area contributed by atoms with Gasteiger partial charge in [-0.3, -0.25) is 4.79 Å². The molecule has 2 aliphatic rings. The highest BCUT2D eigenvalue weighted by Gasteiger charge is 2.62. The van der Waals surface area contributed by atoms with Gasteiger partial charge >= 0.3 is 0 Å². The predicted molar refractivity (Wildman–Crippen MR) is 134 cm³/mol. The number of nitrogen functional groups attached to an aromatic ring is 1. The van der Waals surface area contributed by atoms with Crippen molar-refractivity contribution in [1.82, 2.24) is 9.88 Å². The Morgan fingerprint density at radius 3 is 2.50 bits per heavy atom. The molecule has 2 atom stereocenters. The van der Waals surface area contributed by atoms with Crippen LogP contribution in [0.2, 0.25) is 0 Å². The first-order chi connectivity index (χ1) is 17.3. The lowest BCUT2D eigenvalue weighted by Crippen LogP contribution is -2.43. The lowest BCUT2D eigenvalue weighted by molar-refractivity contribution is -0.136. The number of nitrogens with two attached hydrogens (primary N) is 1. The van der Waals surface area contributed by atoms with Crippen molar-refractivity contribution in [1.29, 1.82) is 5.41 Å². The van der Waals surface area contributed by atoms with Crippen molar-refractivity contribution in [2.24, 2.45) is 11.8 Å². The molecule has 186 valence electrons. The fourth-order valence-corrected chi connectivity index (χ4v) is 4.54. The number of carbonyl (C=O) groups is 1. The molecule has 1 aliphatic carbocycles. The van der Waals surface area contributed by atoms with Crippen LogP contribution in [-0.2, 0) is 4.79 Å². The van der Waals surface area contributed by atoms with Crippen LogP contribution >= 0.6 is 0 Å². The largest absolute Gasteiger partial charge is 0.457 e. The summed E-state index contributed by atoms with van der Waals surface area (Å²) in [5.74, 6) is -3.25. The Balaban J connectivity index is 1.30. The van der Waals surface area contributed by atoms with Crippen molar-refractivity contribution < 1.29 is 18.3 Å². The van der Waals surface area contributed by atoms with Gasteiger partial charge in [-0.05, 0) is 55.3 Å². The molecule has 1 saturated heterocycles. The van der Waals surface area contributed by atoms with Crippen LogP contribution in [0.25, 0.3) is 0 Å². The van der Waals surface area contributed by atoms with Crippen LogP contribution in [0, 0.1) is 17.2 Å². The van der Waals surface area contributed by atoms with Crippen molar-refractivity contribution >= 4 is 28.8 Å². The highest BCUT2D eigenvalue weighted by Crippen LogP contribution is 2.50. The molecule has 5 rings (SSSR count). The number of halogens is 2. The number of hydrogen-bond donors (Lipinski definition) is 3. The van der Waals surface area contributed by atoms with Gasteiger partial charge in [-0.15, -0.1) is 0 Å². The third-order valence-corrected chi connectivity index (χ3v) is 6.64. The van der Waals surface area contributed by atoms with Gasteiger partial charge < -0.3 is 26.1 Å². The minimum atomic E-state index is -2.89. The number of rotatable bonds is 7. The van der Waals surface area contributed by atoms with Crippen molar-refractivity contribution in [3.05, 3.63) is 72.4 Å². The van der Waals surface area contributed by atoms with Crippen LogP contribution in [0.4, 0.5) is 26.0 Å². The first kappa shape index (κ1) is 23.7. The number of nitrogens with one attached hydrogen (secondary N) is 2. The van der Waals surface area contributed by atoms with E-state index in [4.69, 9.17) is 15.9 Å². The number of carbonyl (C=O) groups excluding carboxylic acids is 1. The summed E-state index contributed by atoms with van der Waals surface area (Å²) in [4.78, 5) is 18.2. The van der Waals surface area contributed by atoms with E-state index >= 15 is 0 Å². The van der Waals surface area contributed by atoms with E-state index in [-0.39, 0.29) is 24.7 Å². The number of alkyl halides is 2. The Morgan fingerprint density at radius 1 is 1.11 bits per heavy atom. The number of pyridine rings is 1. The fourth-order valence-electron chi connectivity index (χ4n) is 4.54. The van der Waals surface area contributed by atoms with E-state index in [1.807, 2.05) is 54.6 Å². The van der Waals surface area contributed by atoms with Gasteiger partial charge in [0.2, 0.25) is 5.91 Å². The highest BCUT2D eigenvalue weighted by molar-refractivity contribution is 6.07. The van der Waals surface area contributed by atoms with Crippen LogP contribution in [0.5, 0.6) is 11.5 Å². The molecule has 1 aromatic heterocycles. The normalized spacial score (nSPS) is 20.4. The van der Waals surface area contributed by atoms with E-state index in [1.54, 1.807) is 6.07 Å². The Kier molecular flexibility index (Phi) is 6.30. The van der Waals surface area contributed by atoms with Gasteiger partial charge in [-0.2, -0.15) is 0 Å². The number of piperidine rings is 1. The minimum absolute atomic E-state index is 0.239. The molecule has 2 heterocycles. The monoisotopic (exact) mass is 491 g/mol. The summed E-state index contributed by atoms with van der Waals surface area (Å²) in [7, 11) is 0. The number of anilines is 3. The van der Waals surface area contributed by atoms with E-state index < -0.39 is 17.7 Å². The maximum atomic E-state index is 13.4. The first-order valence-electron chi connectivity index (χ1n) is 11.9. The Hall–Kier alpha value is -4.01. The van der Waals surface area contributed by atoms with Gasteiger partial charge in [0.05, 0.1) is 5.69 Å². The van der Waals surface area contributed by atoms with E-state index in [9.17, 15) is 13.6 Å². The topological polar surface area (TPSA) is 104 Å². The molecular formula is C27H27F2N5O2. The number of amides is 1. The smallest absolute Gasteiger partial charge is 0.260 e. The zero-order valence-corrected chi connectivity index (χ0v) is 19.6. The number of likely N-dealkylation sites (tertiary alicyclic amines) is 1. The molecule has 0 radical (unpaired) electrons. The molecule has 4 N–H and O–H groups in total. The zero-order chi connectivity index (χ0) is 25.3. The maximum Gasteiger partial charge on any atom is 0.260 e. The summed E-state index contributed by atoms with van der Waals surface area (Å²) in [5, 5.41) is 12.2. The number of ether oxygens (including phenoxy) is 1. The average molecular weight is 492 g/mol. The highest BCUT2D eigenvalue weighted by atomic mass is 19.3. The predicted octanol–water partition coefficient (Wildman–Crippen LogP) is 5.46. The van der Waals surface area contributed by atoms with Gasteiger partial charge in [0.25, 0.3) is 5.92 Å². The SMILES string of the molecule is N=C(c1ccnc(N)c1Nc1ccc(Oc2ccccc2)cc1)C1CCCN(C(=O)C2CC2(F)F)C1. The second-order valence-electron chi connectivity index (χ2n) is 9.24. The summed E-state index contributed by atoms with van der Waals surface area (Å²) in [6, 6.07) is 18.5. The minimum Gasteiger partial charge on any atom is -0.457 e. The zero-order valence-electron chi connectivity index (χ0n) is 19.6. The fraction of sp³-hybridized carbons (Fsp3) is 0.296. The molecule has 9 heteroatoms. The van der Waals surface area contributed by atoms with Crippen molar-refractivity contribution in [3.8, 4) is 11.5 Å². The van der Waals surface area contributed by atoms with Crippen molar-refractivity contribution in [2.45, 2.75) is 25.2 Å². The number of hydrogen-bond acceptors (Lipinski definition) is 6. The van der Waals surface area contributed by atoms with Gasteiger partial charge in [0.1, 0.15) is 23.2 Å². The summed E-state index contributed by atoms with van der Waals surface area (Å²) in [5.41, 5.74) is 8.29. The third-order valence-electron chi connectivity index (χ3n) is 6.64. The van der Waals surface area contributed by atoms with Crippen LogP contribution in [-0.4, -0.2) is 40.5 Å². The Bertz CT molecular complexity index is 1270. The summed E-state index contributed by atoms with van der Waals surface area (Å²) in [6.45, 7) is 0.688. The van der Waals surface area contributed by atoms with E-state index in [0.29, 0.717) is 42.1 Å². The Morgan fingerprint density at radius 2 is 1.81 bits per heavy atom. The number of benzene rings is 2. The number of para-hydroxylation sites is 1. The van der Waals surface area contributed by atoms with Crippen LogP contribution in [0.3, 0.4) is 0 Å². The second-order valence-corrected chi connectivity index (χ2v) is 9.24. The van der Waals surface area contributed by atoms with Crippen LogP contribution < -0.4 is 15.8 Å². The van der Waals surface area contributed by atoms with Gasteiger partial charge in [-0.1, -0.05) is 18.2 Å². The van der Waals surface area contributed by atoms with E-state index in [0.717, 1.165) is 11.4 Å². The van der Waals surface area contributed by atoms with Gasteiger partial charge in [-0.25, -0.2) is 13.8 Å². The lowest BCUT2D eigenvalue weighted by atomic mass is 9.88. The quantitative estimate of drug-likeness (QED) is 0.381. The lowest BCUT2D eigenvalue weighted by Gasteiger charge is -2.33. The number of nitrogens with zero attached hydrogens (tertiary/aromatic N) is 2. The van der Waals surface area contributed by atoms with Crippen LogP contribution in [0.15, 0.2) is 66.9 Å². The molecule has 0 spiro atoms. The van der Waals surface area contributed by atoms with Crippen LogP contribution in [0.1, 0.15) is 24.8 Å². The molecule has 1 amide bonds.